The molecule has 1 amide bonds. The number of aromatic nitrogens is 4. The van der Waals surface area contributed by atoms with Crippen LogP contribution in [0.1, 0.15) is 10.4 Å². The van der Waals surface area contributed by atoms with E-state index in [2.05, 4.69) is 20.5 Å². The van der Waals surface area contributed by atoms with Gasteiger partial charge in [-0.3, -0.25) is 4.79 Å². The van der Waals surface area contributed by atoms with E-state index in [0.717, 1.165) is 5.56 Å². The number of nitrogens with zero attached hydrogens (tertiary/aromatic N) is 4. The van der Waals surface area contributed by atoms with E-state index in [0.29, 0.717) is 32.7 Å². The Morgan fingerprint density at radius 3 is 2.34 bits per heavy atom. The van der Waals surface area contributed by atoms with Crippen LogP contribution in [0.2, 0.25) is 10.0 Å². The maximum atomic E-state index is 13.2. The van der Waals surface area contributed by atoms with Gasteiger partial charge in [-0.1, -0.05) is 35.3 Å². The minimum absolute atomic E-state index is 0.292. The normalized spacial score (nSPS) is 10.7. The number of anilines is 1. The number of rotatable bonds is 4. The van der Waals surface area contributed by atoms with E-state index in [-0.39, 0.29) is 5.91 Å². The molecule has 2 aromatic heterocycles. The van der Waals surface area contributed by atoms with Crippen molar-refractivity contribution in [2.24, 2.45) is 0 Å². The lowest BCUT2D eigenvalue weighted by Gasteiger charge is -2.09. The number of hydrogen-bond acceptors (Lipinski definition) is 4. The van der Waals surface area contributed by atoms with Gasteiger partial charge in [-0.15, -0.1) is 4.80 Å². The summed E-state index contributed by atoms with van der Waals surface area (Å²) in [6.45, 7) is 0. The van der Waals surface area contributed by atoms with Crippen LogP contribution in [0.3, 0.4) is 0 Å². The molecule has 0 bridgehead atoms. The molecule has 0 fully saturated rings. The van der Waals surface area contributed by atoms with E-state index >= 15 is 0 Å². The van der Waals surface area contributed by atoms with Crippen molar-refractivity contribution in [2.75, 3.05) is 5.32 Å². The van der Waals surface area contributed by atoms with E-state index in [1.165, 1.54) is 35.5 Å². The van der Waals surface area contributed by atoms with Gasteiger partial charge in [-0.05, 0) is 42.0 Å². The summed E-state index contributed by atoms with van der Waals surface area (Å²) < 4.78 is 13.2. The number of carbonyl (C=O) groups excluding carboxylic acids is 1. The first-order valence-electron chi connectivity index (χ1n) is 8.40. The number of benzene rings is 2. The summed E-state index contributed by atoms with van der Waals surface area (Å²) in [5.41, 5.74) is 2.31. The molecule has 0 unspecified atom stereocenters. The fourth-order valence-corrected chi connectivity index (χ4v) is 3.22. The average Bonchev–Trinajstić information content (AvgIpc) is 3.23. The Kier molecular flexibility index (Phi) is 5.24. The van der Waals surface area contributed by atoms with E-state index in [1.807, 2.05) is 0 Å². The van der Waals surface area contributed by atoms with Crippen molar-refractivity contribution in [3.8, 4) is 16.9 Å². The molecule has 4 rings (SSSR count). The van der Waals surface area contributed by atoms with Gasteiger partial charge < -0.3 is 5.32 Å². The maximum absolute atomic E-state index is 13.2. The third-order valence-corrected chi connectivity index (χ3v) is 4.67. The van der Waals surface area contributed by atoms with Crippen molar-refractivity contribution < 1.29 is 9.18 Å². The Labute approximate surface area is 174 Å². The Balaban J connectivity index is 1.51. The zero-order valence-corrected chi connectivity index (χ0v) is 16.2. The minimum Gasteiger partial charge on any atom is -0.321 e. The molecule has 2 aromatic carbocycles. The monoisotopic (exact) mass is 427 g/mol. The summed E-state index contributed by atoms with van der Waals surface area (Å²) in [7, 11) is 0. The molecule has 4 aromatic rings. The van der Waals surface area contributed by atoms with Gasteiger partial charge in [0.25, 0.3) is 5.91 Å². The summed E-state index contributed by atoms with van der Waals surface area (Å²) >= 11 is 12.3. The van der Waals surface area contributed by atoms with Crippen molar-refractivity contribution in [2.45, 2.75) is 0 Å². The molecule has 0 saturated heterocycles. The lowest BCUT2D eigenvalue weighted by molar-refractivity contribution is 0.102. The number of carbonyl (C=O) groups is 1. The molecule has 0 spiro atoms. The number of nitrogens with one attached hydrogen (secondary N) is 1. The van der Waals surface area contributed by atoms with Crippen molar-refractivity contribution in [1.29, 1.82) is 0 Å². The number of pyridine rings is 1. The number of hydrogen-bond donors (Lipinski definition) is 1. The zero-order valence-electron chi connectivity index (χ0n) is 14.7. The largest absolute Gasteiger partial charge is 0.321 e. The van der Waals surface area contributed by atoms with Crippen molar-refractivity contribution >= 4 is 34.8 Å². The van der Waals surface area contributed by atoms with Crippen LogP contribution in [0.5, 0.6) is 0 Å². The highest BCUT2D eigenvalue weighted by atomic mass is 35.5. The van der Waals surface area contributed by atoms with Crippen LogP contribution in [0.25, 0.3) is 16.9 Å². The van der Waals surface area contributed by atoms with E-state index < -0.39 is 5.82 Å². The Morgan fingerprint density at radius 1 is 0.966 bits per heavy atom. The van der Waals surface area contributed by atoms with Crippen LogP contribution in [-0.4, -0.2) is 25.9 Å². The Bertz CT molecular complexity index is 1180. The van der Waals surface area contributed by atoms with Crippen LogP contribution in [0.4, 0.5) is 10.1 Å². The van der Waals surface area contributed by atoms with Crippen molar-refractivity contribution in [3.05, 3.63) is 88.5 Å². The van der Waals surface area contributed by atoms with E-state index in [1.54, 1.807) is 36.4 Å². The van der Waals surface area contributed by atoms with Crippen LogP contribution >= 0.6 is 23.2 Å². The van der Waals surface area contributed by atoms with E-state index in [4.69, 9.17) is 23.2 Å². The Hall–Kier alpha value is -3.29. The smallest absolute Gasteiger partial charge is 0.255 e. The van der Waals surface area contributed by atoms with E-state index in [9.17, 15) is 9.18 Å². The SMILES string of the molecule is O=C(Nc1cnc(-n2nccn2)c(Cl)c1)c1ccc(-c2ccc(F)cc2Cl)cc1. The lowest BCUT2D eigenvalue weighted by atomic mass is 10.0. The average molecular weight is 428 g/mol. The second-order valence-electron chi connectivity index (χ2n) is 6.00. The standard InChI is InChI=1S/C20H12Cl2FN5O/c21-17-9-14(23)5-6-16(17)12-1-3-13(4-2-12)20(29)27-15-10-18(22)19(24-11-15)28-25-7-8-26-28/h1-11H,(H,27,29). The molecule has 0 saturated carbocycles. The first-order chi connectivity index (χ1) is 14.0. The quantitative estimate of drug-likeness (QED) is 0.495. The summed E-state index contributed by atoms with van der Waals surface area (Å²) in [6.07, 6.45) is 4.49. The highest BCUT2D eigenvalue weighted by molar-refractivity contribution is 6.33. The molecule has 0 aliphatic carbocycles. The molecule has 0 radical (unpaired) electrons. The molecular weight excluding hydrogens is 416 g/mol. The van der Waals surface area contributed by atoms with Gasteiger partial charge in [-0.25, -0.2) is 9.37 Å². The molecule has 2 heterocycles. The highest BCUT2D eigenvalue weighted by Gasteiger charge is 2.12. The predicted molar refractivity (Wildman–Crippen MR) is 109 cm³/mol. The molecule has 9 heteroatoms. The summed E-state index contributed by atoms with van der Waals surface area (Å²) in [5.74, 6) is -0.379. The van der Waals surface area contributed by atoms with Gasteiger partial charge in [0.05, 0.1) is 34.3 Å². The number of halogens is 3. The van der Waals surface area contributed by atoms with Crippen LogP contribution in [0.15, 0.2) is 67.1 Å². The van der Waals surface area contributed by atoms with Crippen LogP contribution in [-0.2, 0) is 0 Å². The predicted octanol–water partition coefficient (Wildman–Crippen LogP) is 5.03. The second-order valence-corrected chi connectivity index (χ2v) is 6.82. The minimum atomic E-state index is -0.406. The first-order valence-corrected chi connectivity index (χ1v) is 9.16. The molecule has 6 nitrogen and oxygen atoms in total. The molecular formula is C20H12Cl2FN5O. The molecule has 29 heavy (non-hydrogen) atoms. The van der Waals surface area contributed by atoms with Gasteiger partial charge in [0.2, 0.25) is 0 Å². The molecule has 1 N–H and O–H groups in total. The second kappa shape index (κ2) is 7.98. The maximum Gasteiger partial charge on any atom is 0.255 e. The summed E-state index contributed by atoms with van der Waals surface area (Å²) in [5, 5.41) is 11.3. The van der Waals surface area contributed by atoms with Crippen LogP contribution < -0.4 is 5.32 Å². The van der Waals surface area contributed by atoms with Crippen molar-refractivity contribution in [1.82, 2.24) is 20.0 Å². The van der Waals surface area contributed by atoms with Gasteiger partial charge in [-0.2, -0.15) is 10.2 Å². The van der Waals surface area contributed by atoms with Gasteiger partial charge in [0.15, 0.2) is 5.82 Å². The third-order valence-electron chi connectivity index (χ3n) is 4.08. The van der Waals surface area contributed by atoms with Gasteiger partial charge >= 0.3 is 0 Å². The summed E-state index contributed by atoms with van der Waals surface area (Å²) in [6, 6.07) is 12.5. The van der Waals surface area contributed by atoms with Crippen molar-refractivity contribution in [3.63, 3.8) is 0 Å². The Morgan fingerprint density at radius 2 is 1.69 bits per heavy atom. The topological polar surface area (TPSA) is 72.7 Å². The highest BCUT2D eigenvalue weighted by Crippen LogP contribution is 2.29. The third kappa shape index (κ3) is 4.11. The lowest BCUT2D eigenvalue weighted by Crippen LogP contribution is -2.12. The van der Waals surface area contributed by atoms with Crippen LogP contribution in [0, 0.1) is 5.82 Å². The number of amides is 1. The fourth-order valence-electron chi connectivity index (χ4n) is 2.70. The summed E-state index contributed by atoms with van der Waals surface area (Å²) in [4.78, 5) is 18.0. The fraction of sp³-hybridized carbons (Fsp3) is 0. The zero-order chi connectivity index (χ0) is 20.4. The van der Waals surface area contributed by atoms with Gasteiger partial charge in [0, 0.05) is 11.1 Å². The molecule has 0 aliphatic rings. The molecule has 0 aliphatic heterocycles. The van der Waals surface area contributed by atoms with Gasteiger partial charge in [0.1, 0.15) is 5.82 Å². The first kappa shape index (κ1) is 19.0. The molecule has 0 atom stereocenters. The molecule has 144 valence electrons.